The molecule has 7 nitrogen and oxygen atoms in total. The van der Waals surface area contributed by atoms with Gasteiger partial charge in [-0.2, -0.15) is 0 Å². The molecule has 3 aliphatic heterocycles. The molecule has 0 radical (unpaired) electrons. The van der Waals surface area contributed by atoms with Crippen LogP contribution in [0.5, 0.6) is 0 Å². The predicted octanol–water partition coefficient (Wildman–Crippen LogP) is -1.81. The number of aliphatic hydroxyl groups excluding tert-OH is 1. The van der Waals surface area contributed by atoms with Crippen molar-refractivity contribution >= 4 is 5.91 Å². The second-order valence-corrected chi connectivity index (χ2v) is 6.84. The number of quaternary nitrogens is 1. The molecule has 1 aromatic heterocycles. The molecular weight excluding hydrogens is 282 g/mol. The van der Waals surface area contributed by atoms with E-state index in [2.05, 4.69) is 10.3 Å². The molecule has 4 heterocycles. The first kappa shape index (κ1) is 15.4. The fourth-order valence-corrected chi connectivity index (χ4v) is 4.02. The van der Waals surface area contributed by atoms with Gasteiger partial charge >= 0.3 is 0 Å². The number of carbonyl (C=O) groups excluding carboxylic acids is 1. The van der Waals surface area contributed by atoms with Gasteiger partial charge in [0.05, 0.1) is 31.2 Å². The average Bonchev–Trinajstić information content (AvgIpc) is 2.94. The van der Waals surface area contributed by atoms with Crippen molar-refractivity contribution in [3.8, 4) is 0 Å². The highest BCUT2D eigenvalue weighted by Crippen LogP contribution is 2.28. The Morgan fingerprint density at radius 3 is 3.00 bits per heavy atom. The summed E-state index contributed by atoms with van der Waals surface area (Å²) in [5.41, 5.74) is 0.842. The quantitative estimate of drug-likeness (QED) is 0.673. The van der Waals surface area contributed by atoms with Crippen LogP contribution in [0.4, 0.5) is 0 Å². The summed E-state index contributed by atoms with van der Waals surface area (Å²) in [6.45, 7) is 3.07. The molecule has 4 rings (SSSR count). The first-order valence-corrected chi connectivity index (χ1v) is 8.14. The second-order valence-electron chi connectivity index (χ2n) is 6.84. The van der Waals surface area contributed by atoms with Crippen LogP contribution in [0.25, 0.3) is 0 Å². The molecule has 4 atom stereocenters. The molecule has 7 heteroatoms. The number of carbonyl (C=O) groups is 1. The van der Waals surface area contributed by atoms with Crippen molar-refractivity contribution in [3.63, 3.8) is 0 Å². The van der Waals surface area contributed by atoms with Crippen LogP contribution in [0, 0.1) is 11.8 Å². The number of rotatable bonds is 5. The van der Waals surface area contributed by atoms with Gasteiger partial charge in [0, 0.05) is 46.2 Å². The SMILES string of the molecule is CN(C)C(=O)[C@H]1C[NH+]2CC[C@@H]1C[C@@H]2Cn1cc(CCO)nn1. The van der Waals surface area contributed by atoms with Gasteiger partial charge in [-0.1, -0.05) is 5.21 Å². The number of fused-ring (bicyclic) bond motifs is 3. The van der Waals surface area contributed by atoms with Crippen LogP contribution >= 0.6 is 0 Å². The number of amides is 1. The Balaban J connectivity index is 1.62. The van der Waals surface area contributed by atoms with Crippen LogP contribution in [0.15, 0.2) is 6.20 Å². The van der Waals surface area contributed by atoms with Crippen LogP contribution < -0.4 is 4.90 Å². The molecule has 122 valence electrons. The molecule has 2 bridgehead atoms. The minimum absolute atomic E-state index is 0.107. The zero-order valence-electron chi connectivity index (χ0n) is 13.4. The van der Waals surface area contributed by atoms with Crippen LogP contribution in [-0.4, -0.2) is 70.7 Å². The highest BCUT2D eigenvalue weighted by atomic mass is 16.3. The maximum atomic E-state index is 12.3. The van der Waals surface area contributed by atoms with Gasteiger partial charge < -0.3 is 14.9 Å². The van der Waals surface area contributed by atoms with E-state index in [1.807, 2.05) is 25.0 Å². The van der Waals surface area contributed by atoms with E-state index in [4.69, 9.17) is 5.11 Å². The zero-order chi connectivity index (χ0) is 15.7. The number of aromatic nitrogens is 3. The standard InChI is InChI=1S/C15H25N5O2/c1-18(2)15(22)14-10-19-5-3-11(14)7-13(19)9-20-8-12(4-6-21)16-17-20/h8,11,13-14,21H,3-7,9-10H2,1-2H3/p+1/t11-,13-,14+/m1/s1. The molecule has 0 saturated carbocycles. The number of hydrogen-bond acceptors (Lipinski definition) is 4. The fourth-order valence-electron chi connectivity index (χ4n) is 4.02. The lowest BCUT2D eigenvalue weighted by Crippen LogP contribution is -3.20. The highest BCUT2D eigenvalue weighted by Gasteiger charge is 2.46. The van der Waals surface area contributed by atoms with Crippen molar-refractivity contribution in [2.75, 3.05) is 33.8 Å². The molecule has 0 aliphatic carbocycles. The van der Waals surface area contributed by atoms with Gasteiger partial charge in [-0.3, -0.25) is 4.79 Å². The Morgan fingerprint density at radius 2 is 2.36 bits per heavy atom. The molecule has 3 fully saturated rings. The minimum atomic E-state index is 0.107. The second kappa shape index (κ2) is 6.34. The monoisotopic (exact) mass is 308 g/mol. The number of nitrogens with zero attached hydrogens (tertiary/aromatic N) is 4. The highest BCUT2D eigenvalue weighted by molar-refractivity contribution is 5.78. The summed E-state index contributed by atoms with van der Waals surface area (Å²) >= 11 is 0. The van der Waals surface area contributed by atoms with Crippen molar-refractivity contribution in [1.82, 2.24) is 19.9 Å². The average molecular weight is 308 g/mol. The lowest BCUT2D eigenvalue weighted by molar-refractivity contribution is -0.945. The van der Waals surface area contributed by atoms with Gasteiger partial charge in [0.25, 0.3) is 0 Å². The molecule has 0 aromatic carbocycles. The number of hydrogen-bond donors (Lipinski definition) is 2. The summed E-state index contributed by atoms with van der Waals surface area (Å²) in [5, 5.41) is 17.2. The first-order valence-electron chi connectivity index (χ1n) is 8.14. The molecule has 22 heavy (non-hydrogen) atoms. The van der Waals surface area contributed by atoms with E-state index in [9.17, 15) is 4.79 Å². The molecule has 0 spiro atoms. The Bertz CT molecular complexity index is 530. The summed E-state index contributed by atoms with van der Waals surface area (Å²) in [6, 6.07) is 0.522. The Kier molecular flexibility index (Phi) is 4.44. The molecule has 3 aliphatic rings. The lowest BCUT2D eigenvalue weighted by Gasteiger charge is -2.46. The Hall–Kier alpha value is -1.47. The third kappa shape index (κ3) is 3.01. The van der Waals surface area contributed by atoms with Crippen LogP contribution in [0.3, 0.4) is 0 Å². The first-order chi connectivity index (χ1) is 10.6. The Labute approximate surface area is 130 Å². The third-order valence-corrected chi connectivity index (χ3v) is 5.17. The van der Waals surface area contributed by atoms with Gasteiger partial charge in [0.1, 0.15) is 6.04 Å². The van der Waals surface area contributed by atoms with E-state index in [-0.39, 0.29) is 18.4 Å². The molecule has 1 amide bonds. The minimum Gasteiger partial charge on any atom is -0.396 e. The zero-order valence-corrected chi connectivity index (χ0v) is 13.4. The molecule has 3 saturated heterocycles. The number of piperidine rings is 3. The fraction of sp³-hybridized carbons (Fsp3) is 0.800. The van der Waals surface area contributed by atoms with E-state index in [1.165, 1.54) is 4.90 Å². The summed E-state index contributed by atoms with van der Waals surface area (Å²) < 4.78 is 1.89. The molecule has 1 unspecified atom stereocenters. The molecule has 2 N–H and O–H groups in total. The maximum Gasteiger partial charge on any atom is 0.231 e. The summed E-state index contributed by atoms with van der Waals surface area (Å²) in [6.07, 6.45) is 4.74. The third-order valence-electron chi connectivity index (χ3n) is 5.17. The largest absolute Gasteiger partial charge is 0.396 e. The predicted molar refractivity (Wildman–Crippen MR) is 80.2 cm³/mol. The summed E-state index contributed by atoms with van der Waals surface area (Å²) in [5.74, 6) is 0.986. The van der Waals surface area contributed by atoms with Gasteiger partial charge in [-0.15, -0.1) is 5.10 Å². The van der Waals surface area contributed by atoms with Crippen molar-refractivity contribution in [3.05, 3.63) is 11.9 Å². The van der Waals surface area contributed by atoms with Gasteiger partial charge in [-0.25, -0.2) is 4.68 Å². The number of nitrogens with one attached hydrogen (secondary N) is 1. The molecular formula is C15H26N5O2+. The normalized spacial score (nSPS) is 30.5. The van der Waals surface area contributed by atoms with Crippen molar-refractivity contribution in [2.24, 2.45) is 11.8 Å². The topological polar surface area (TPSA) is 75.7 Å². The van der Waals surface area contributed by atoms with E-state index in [1.54, 1.807) is 4.90 Å². The Morgan fingerprint density at radius 1 is 1.55 bits per heavy atom. The number of aliphatic hydroxyl groups is 1. The van der Waals surface area contributed by atoms with Gasteiger partial charge in [0.15, 0.2) is 0 Å². The summed E-state index contributed by atoms with van der Waals surface area (Å²) in [4.78, 5) is 15.6. The van der Waals surface area contributed by atoms with Crippen LogP contribution in [-0.2, 0) is 17.8 Å². The maximum absolute atomic E-state index is 12.3. The van der Waals surface area contributed by atoms with Crippen molar-refractivity contribution in [1.29, 1.82) is 0 Å². The van der Waals surface area contributed by atoms with Gasteiger partial charge in [-0.05, 0) is 5.92 Å². The van der Waals surface area contributed by atoms with E-state index < -0.39 is 0 Å². The van der Waals surface area contributed by atoms with E-state index in [0.717, 1.165) is 38.2 Å². The smallest absolute Gasteiger partial charge is 0.231 e. The van der Waals surface area contributed by atoms with E-state index >= 15 is 0 Å². The summed E-state index contributed by atoms with van der Waals surface area (Å²) in [7, 11) is 3.70. The van der Waals surface area contributed by atoms with Crippen LogP contribution in [0.1, 0.15) is 18.5 Å². The van der Waals surface area contributed by atoms with Crippen molar-refractivity contribution in [2.45, 2.75) is 31.8 Å². The lowest BCUT2D eigenvalue weighted by atomic mass is 9.75. The molecule has 1 aromatic rings. The van der Waals surface area contributed by atoms with E-state index in [0.29, 0.717) is 18.4 Å². The van der Waals surface area contributed by atoms with Crippen LogP contribution in [0.2, 0.25) is 0 Å². The van der Waals surface area contributed by atoms with Gasteiger partial charge in [0.2, 0.25) is 5.91 Å². The van der Waals surface area contributed by atoms with Crippen molar-refractivity contribution < 1.29 is 14.8 Å².